The van der Waals surface area contributed by atoms with Gasteiger partial charge in [0.15, 0.2) is 5.96 Å². The van der Waals surface area contributed by atoms with Gasteiger partial charge in [-0.15, -0.1) is 0 Å². The van der Waals surface area contributed by atoms with E-state index in [1.165, 1.54) is 6.07 Å². The number of carboxylic acids is 1. The molecule has 1 aromatic carbocycles. The highest BCUT2D eigenvalue weighted by Crippen LogP contribution is 2.31. The molecule has 0 saturated heterocycles. The molecule has 0 spiro atoms. The summed E-state index contributed by atoms with van der Waals surface area (Å²) in [6.45, 7) is 0. The third-order valence-electron chi connectivity index (χ3n) is 4.28. The summed E-state index contributed by atoms with van der Waals surface area (Å²) in [6, 6.07) is 4.71. The summed E-state index contributed by atoms with van der Waals surface area (Å²) in [5.74, 6) is -1.44. The van der Waals surface area contributed by atoms with Gasteiger partial charge in [-0.05, 0) is 49.1 Å². The van der Waals surface area contributed by atoms with Crippen molar-refractivity contribution in [2.24, 2.45) is 5.73 Å². The molecule has 0 saturated carbocycles. The molecule has 1 heterocycles. The quantitative estimate of drug-likeness (QED) is 0.280. The first-order valence-electron chi connectivity index (χ1n) is 8.24. The Kier molecular flexibility index (Phi) is 4.88. The lowest BCUT2D eigenvalue weighted by Crippen LogP contribution is -2.31. The Bertz CT molecular complexity index is 881. The number of esters is 1. The highest BCUT2D eigenvalue weighted by Gasteiger charge is 2.24. The van der Waals surface area contributed by atoms with Crippen LogP contribution in [0.25, 0.3) is 0 Å². The smallest absolute Gasteiger partial charge is 0.343 e. The van der Waals surface area contributed by atoms with E-state index >= 15 is 0 Å². The largest absolute Gasteiger partial charge is 0.478 e. The van der Waals surface area contributed by atoms with Crippen LogP contribution < -0.4 is 15.8 Å². The fraction of sp³-hybridized carbons (Fsp3) is 0.211. The van der Waals surface area contributed by atoms with E-state index < -0.39 is 11.9 Å². The van der Waals surface area contributed by atoms with Crippen LogP contribution in [0.2, 0.25) is 0 Å². The van der Waals surface area contributed by atoms with Crippen LogP contribution in [0.3, 0.4) is 0 Å². The Labute approximate surface area is 150 Å². The lowest BCUT2D eigenvalue weighted by molar-refractivity contribution is -0.130. The van der Waals surface area contributed by atoms with E-state index in [1.807, 2.05) is 6.08 Å². The number of aromatic carboxylic acids is 1. The fourth-order valence-corrected chi connectivity index (χ4v) is 3.12. The topological polar surface area (TPSA) is 126 Å². The Morgan fingerprint density at radius 1 is 1.31 bits per heavy atom. The van der Waals surface area contributed by atoms with Crippen LogP contribution in [0.5, 0.6) is 5.75 Å². The monoisotopic (exact) mass is 353 g/mol. The van der Waals surface area contributed by atoms with Gasteiger partial charge in [0.25, 0.3) is 0 Å². The number of carboxylic acid groups (broad SMARTS) is 1. The third-order valence-corrected chi connectivity index (χ3v) is 4.28. The van der Waals surface area contributed by atoms with Crippen LogP contribution >= 0.6 is 0 Å². The predicted molar refractivity (Wildman–Crippen MR) is 95.9 cm³/mol. The SMILES string of the molecule is N=C(N)NC1=CC=C2C(=O)Oc3cccc(C(=O)O)c3CCC/C=C\2C1. The molecule has 0 radical (unpaired) electrons. The van der Waals surface area contributed by atoms with Crippen molar-refractivity contribution in [2.75, 3.05) is 0 Å². The second kappa shape index (κ2) is 7.26. The standard InChI is InChI=1S/C19H19N3O4/c20-19(21)22-12-8-9-13-11(10-12)4-1-2-5-14-15(17(23)24)6-3-7-16(14)26-18(13)25/h3-4,6-9H,1-2,5,10H2,(H,23,24)(H4,20,21,22)/b11-4-. The molecule has 26 heavy (non-hydrogen) atoms. The van der Waals surface area contributed by atoms with Gasteiger partial charge in [-0.25, -0.2) is 9.59 Å². The summed E-state index contributed by atoms with van der Waals surface area (Å²) in [5.41, 5.74) is 8.02. The number of nitrogens with one attached hydrogen (secondary N) is 2. The Hall–Kier alpha value is -3.35. The zero-order valence-electron chi connectivity index (χ0n) is 14.0. The highest BCUT2D eigenvalue weighted by molar-refractivity contribution is 5.97. The van der Waals surface area contributed by atoms with Gasteiger partial charge >= 0.3 is 11.9 Å². The van der Waals surface area contributed by atoms with Gasteiger partial charge in [-0.1, -0.05) is 12.1 Å². The summed E-state index contributed by atoms with van der Waals surface area (Å²) in [4.78, 5) is 24.1. The molecule has 3 rings (SSSR count). The van der Waals surface area contributed by atoms with Crippen molar-refractivity contribution < 1.29 is 19.4 Å². The Morgan fingerprint density at radius 2 is 2.12 bits per heavy atom. The van der Waals surface area contributed by atoms with Crippen molar-refractivity contribution in [3.63, 3.8) is 0 Å². The first-order chi connectivity index (χ1) is 12.5. The molecule has 7 heteroatoms. The number of rotatable bonds is 2. The van der Waals surface area contributed by atoms with E-state index in [0.717, 1.165) is 17.7 Å². The molecule has 0 atom stereocenters. The molecule has 5 N–H and O–H groups in total. The van der Waals surface area contributed by atoms with Crippen LogP contribution in [0, 0.1) is 5.41 Å². The van der Waals surface area contributed by atoms with E-state index in [4.69, 9.17) is 15.9 Å². The lowest BCUT2D eigenvalue weighted by Gasteiger charge is -2.20. The molecular weight excluding hydrogens is 334 g/mol. The summed E-state index contributed by atoms with van der Waals surface area (Å²) in [6.07, 6.45) is 7.65. The number of benzene rings is 1. The number of guanidine groups is 1. The highest BCUT2D eigenvalue weighted by atomic mass is 16.5. The van der Waals surface area contributed by atoms with Gasteiger partial charge in [-0.2, -0.15) is 0 Å². The second-order valence-electron chi connectivity index (χ2n) is 6.09. The van der Waals surface area contributed by atoms with Crippen LogP contribution in [0.1, 0.15) is 35.2 Å². The van der Waals surface area contributed by atoms with Crippen LogP contribution in [-0.4, -0.2) is 23.0 Å². The molecule has 0 amide bonds. The maximum absolute atomic E-state index is 12.6. The minimum atomic E-state index is -1.04. The predicted octanol–water partition coefficient (Wildman–Crippen LogP) is 2.25. The second-order valence-corrected chi connectivity index (χ2v) is 6.09. The number of nitrogens with two attached hydrogens (primary N) is 1. The number of carbonyl (C=O) groups excluding carboxylic acids is 1. The Morgan fingerprint density at radius 3 is 2.85 bits per heavy atom. The third kappa shape index (κ3) is 3.66. The zero-order chi connectivity index (χ0) is 18.7. The van der Waals surface area contributed by atoms with Gasteiger partial charge in [0.05, 0.1) is 11.1 Å². The van der Waals surface area contributed by atoms with Crippen molar-refractivity contribution in [3.05, 3.63) is 64.4 Å². The first-order valence-corrected chi connectivity index (χ1v) is 8.24. The summed E-state index contributed by atoms with van der Waals surface area (Å²) in [5, 5.41) is 19.5. The molecule has 0 fully saturated rings. The van der Waals surface area contributed by atoms with Gasteiger partial charge in [0.1, 0.15) is 5.75 Å². The number of carbonyl (C=O) groups is 2. The van der Waals surface area contributed by atoms with E-state index in [1.54, 1.807) is 24.3 Å². The first kappa shape index (κ1) is 17.5. The number of ether oxygens (including phenoxy) is 1. The fourth-order valence-electron chi connectivity index (χ4n) is 3.12. The maximum atomic E-state index is 12.6. The summed E-state index contributed by atoms with van der Waals surface area (Å²) in [7, 11) is 0. The normalized spacial score (nSPS) is 18.8. The van der Waals surface area contributed by atoms with Gasteiger partial charge in [-0.3, -0.25) is 5.41 Å². The van der Waals surface area contributed by atoms with E-state index in [2.05, 4.69) is 5.32 Å². The number of fused-ring (bicyclic) bond motifs is 2. The van der Waals surface area contributed by atoms with Gasteiger partial charge < -0.3 is 20.9 Å². The van der Waals surface area contributed by atoms with Crippen molar-refractivity contribution in [1.82, 2.24) is 5.32 Å². The van der Waals surface area contributed by atoms with Crippen molar-refractivity contribution in [1.29, 1.82) is 5.41 Å². The van der Waals surface area contributed by atoms with Gasteiger partial charge in [0.2, 0.25) is 0 Å². The van der Waals surface area contributed by atoms with Gasteiger partial charge in [0, 0.05) is 17.7 Å². The van der Waals surface area contributed by atoms with Crippen LogP contribution in [0.4, 0.5) is 0 Å². The molecule has 134 valence electrons. The molecule has 0 aromatic heterocycles. The van der Waals surface area contributed by atoms with E-state index in [9.17, 15) is 14.7 Å². The van der Waals surface area contributed by atoms with Crippen molar-refractivity contribution in [3.8, 4) is 5.75 Å². The van der Waals surface area contributed by atoms with Crippen LogP contribution in [0.15, 0.2) is 53.3 Å². The number of hydrogen-bond donors (Lipinski definition) is 4. The summed E-state index contributed by atoms with van der Waals surface area (Å²) < 4.78 is 5.52. The van der Waals surface area contributed by atoms with Crippen molar-refractivity contribution >= 4 is 17.9 Å². The lowest BCUT2D eigenvalue weighted by atomic mass is 9.93. The molecule has 1 aromatic rings. The molecule has 1 aliphatic heterocycles. The van der Waals surface area contributed by atoms with Crippen molar-refractivity contribution in [2.45, 2.75) is 25.7 Å². The molecule has 2 aliphatic rings. The molecule has 0 bridgehead atoms. The maximum Gasteiger partial charge on any atom is 0.343 e. The molecule has 1 aliphatic carbocycles. The summed E-state index contributed by atoms with van der Waals surface area (Å²) >= 11 is 0. The number of allylic oxidation sites excluding steroid dienone is 4. The average Bonchev–Trinajstić information content (AvgIpc) is 2.58. The minimum Gasteiger partial charge on any atom is -0.478 e. The molecular formula is C19H19N3O4. The Balaban J connectivity index is 1.97. The average molecular weight is 353 g/mol. The minimum absolute atomic E-state index is 0.158. The number of hydrogen-bond acceptors (Lipinski definition) is 4. The van der Waals surface area contributed by atoms with E-state index in [-0.39, 0.29) is 17.3 Å². The van der Waals surface area contributed by atoms with Crippen LogP contribution in [-0.2, 0) is 11.2 Å². The zero-order valence-corrected chi connectivity index (χ0v) is 14.0. The molecule has 0 unspecified atom stereocenters. The molecule has 7 nitrogen and oxygen atoms in total. The van der Waals surface area contributed by atoms with E-state index in [0.29, 0.717) is 30.4 Å².